The SMILES string of the molecule is c1ccc2c(c1)Cc1cc3c4cnccc4n4c5cccnc5nc4c3cc1-2. The van der Waals surface area contributed by atoms with E-state index in [0.29, 0.717) is 0 Å². The summed E-state index contributed by atoms with van der Waals surface area (Å²) in [5.74, 6) is 0. The zero-order valence-corrected chi connectivity index (χ0v) is 14.9. The first-order valence-electron chi connectivity index (χ1n) is 9.42. The van der Waals surface area contributed by atoms with Gasteiger partial charge in [0.15, 0.2) is 5.65 Å². The monoisotopic (exact) mass is 358 g/mol. The Morgan fingerprint density at radius 1 is 0.750 bits per heavy atom. The van der Waals surface area contributed by atoms with Crippen LogP contribution in [0, 0.1) is 0 Å². The fourth-order valence-corrected chi connectivity index (χ4v) is 4.72. The van der Waals surface area contributed by atoms with Crippen molar-refractivity contribution in [1.29, 1.82) is 0 Å². The zero-order chi connectivity index (χ0) is 18.2. The van der Waals surface area contributed by atoms with Crippen molar-refractivity contribution < 1.29 is 0 Å². The van der Waals surface area contributed by atoms with Gasteiger partial charge in [-0.3, -0.25) is 9.38 Å². The second-order valence-corrected chi connectivity index (χ2v) is 7.40. The van der Waals surface area contributed by atoms with Crippen molar-refractivity contribution in [1.82, 2.24) is 19.4 Å². The largest absolute Gasteiger partial charge is 0.290 e. The van der Waals surface area contributed by atoms with E-state index in [1.54, 1.807) is 6.20 Å². The second-order valence-electron chi connectivity index (χ2n) is 7.40. The predicted octanol–water partition coefficient (Wildman–Crippen LogP) is 5.16. The Hall–Kier alpha value is -3.79. The van der Waals surface area contributed by atoms with Crippen LogP contribution < -0.4 is 0 Å². The van der Waals surface area contributed by atoms with Crippen LogP contribution in [0.1, 0.15) is 11.1 Å². The highest BCUT2D eigenvalue weighted by Gasteiger charge is 2.21. The van der Waals surface area contributed by atoms with Crippen molar-refractivity contribution in [2.45, 2.75) is 6.42 Å². The number of pyridine rings is 3. The molecule has 130 valence electrons. The van der Waals surface area contributed by atoms with Gasteiger partial charge in [-0.1, -0.05) is 24.3 Å². The molecular weight excluding hydrogens is 344 g/mol. The Kier molecular flexibility index (Phi) is 2.51. The van der Waals surface area contributed by atoms with Gasteiger partial charge in [-0.25, -0.2) is 9.97 Å². The molecule has 4 heteroatoms. The van der Waals surface area contributed by atoms with Gasteiger partial charge in [0.2, 0.25) is 0 Å². The maximum atomic E-state index is 4.91. The molecule has 28 heavy (non-hydrogen) atoms. The molecule has 1 aliphatic carbocycles. The van der Waals surface area contributed by atoms with Crippen LogP contribution in [0.15, 0.2) is 73.2 Å². The fraction of sp³-hybridized carbons (Fsp3) is 0.0417. The fourth-order valence-electron chi connectivity index (χ4n) is 4.72. The van der Waals surface area contributed by atoms with Crippen LogP contribution in [0.5, 0.6) is 0 Å². The molecule has 0 amide bonds. The molecule has 0 atom stereocenters. The normalized spacial score (nSPS) is 12.9. The van der Waals surface area contributed by atoms with E-state index in [1.807, 2.05) is 18.5 Å². The Bertz CT molecular complexity index is 1590. The smallest absolute Gasteiger partial charge is 0.178 e. The maximum Gasteiger partial charge on any atom is 0.178 e. The van der Waals surface area contributed by atoms with E-state index in [0.717, 1.165) is 39.5 Å². The first kappa shape index (κ1) is 14.3. The van der Waals surface area contributed by atoms with E-state index < -0.39 is 0 Å². The van der Waals surface area contributed by atoms with Crippen LogP contribution >= 0.6 is 0 Å². The summed E-state index contributed by atoms with van der Waals surface area (Å²) in [7, 11) is 0. The van der Waals surface area contributed by atoms with Crippen molar-refractivity contribution in [3.63, 3.8) is 0 Å². The standard InChI is InChI=1S/C24H14N4/c1-2-5-16-14(4-1)10-15-11-18-19(12-17(15)16)24-27-23-22(6-3-8-26-23)28(24)21-7-9-25-13-20(18)21/h1-9,11-13H,10H2. The third kappa shape index (κ3) is 1.68. The predicted molar refractivity (Wildman–Crippen MR) is 112 cm³/mol. The molecule has 0 unspecified atom stereocenters. The van der Waals surface area contributed by atoms with Gasteiger partial charge in [0.05, 0.1) is 11.0 Å². The quantitative estimate of drug-likeness (QED) is 0.352. The molecule has 2 aromatic carbocycles. The molecule has 4 heterocycles. The summed E-state index contributed by atoms with van der Waals surface area (Å²) in [6, 6.07) is 19.4. The average Bonchev–Trinajstić information content (AvgIpc) is 3.31. The Balaban J connectivity index is 1.75. The van der Waals surface area contributed by atoms with Crippen molar-refractivity contribution in [2.24, 2.45) is 0 Å². The third-order valence-corrected chi connectivity index (χ3v) is 5.93. The molecule has 0 N–H and O–H groups in total. The summed E-state index contributed by atoms with van der Waals surface area (Å²) in [6.45, 7) is 0. The molecule has 0 saturated carbocycles. The summed E-state index contributed by atoms with van der Waals surface area (Å²) in [5, 5.41) is 3.50. The molecule has 4 nitrogen and oxygen atoms in total. The van der Waals surface area contributed by atoms with Gasteiger partial charge in [-0.15, -0.1) is 0 Å². The van der Waals surface area contributed by atoms with Gasteiger partial charge >= 0.3 is 0 Å². The van der Waals surface area contributed by atoms with Gasteiger partial charge in [-0.2, -0.15) is 0 Å². The van der Waals surface area contributed by atoms with Gasteiger partial charge in [-0.05, 0) is 64.4 Å². The summed E-state index contributed by atoms with van der Waals surface area (Å²) >= 11 is 0. The third-order valence-electron chi connectivity index (χ3n) is 5.93. The molecule has 0 spiro atoms. The van der Waals surface area contributed by atoms with Gasteiger partial charge in [0.1, 0.15) is 5.65 Å². The molecule has 4 aromatic heterocycles. The van der Waals surface area contributed by atoms with Crippen molar-refractivity contribution in [2.75, 3.05) is 0 Å². The molecule has 0 radical (unpaired) electrons. The van der Waals surface area contributed by atoms with E-state index >= 15 is 0 Å². The molecular formula is C24H14N4. The number of fused-ring (bicyclic) bond motifs is 11. The van der Waals surface area contributed by atoms with E-state index in [2.05, 4.69) is 62.9 Å². The number of hydrogen-bond acceptors (Lipinski definition) is 3. The Morgan fingerprint density at radius 3 is 2.71 bits per heavy atom. The highest BCUT2D eigenvalue weighted by molar-refractivity contribution is 6.15. The number of aromatic nitrogens is 4. The lowest BCUT2D eigenvalue weighted by molar-refractivity contribution is 1.26. The van der Waals surface area contributed by atoms with Gasteiger partial charge in [0, 0.05) is 29.4 Å². The summed E-state index contributed by atoms with van der Waals surface area (Å²) < 4.78 is 2.22. The molecule has 0 aliphatic heterocycles. The minimum atomic E-state index is 0.772. The molecule has 0 bridgehead atoms. The van der Waals surface area contributed by atoms with E-state index in [-0.39, 0.29) is 0 Å². The number of rotatable bonds is 0. The molecule has 6 aromatic rings. The first-order valence-corrected chi connectivity index (χ1v) is 9.42. The van der Waals surface area contributed by atoms with Crippen LogP contribution in [0.2, 0.25) is 0 Å². The number of hydrogen-bond donors (Lipinski definition) is 0. The van der Waals surface area contributed by atoms with E-state index in [4.69, 9.17) is 4.98 Å². The van der Waals surface area contributed by atoms with Crippen molar-refractivity contribution in [3.05, 3.63) is 84.3 Å². The van der Waals surface area contributed by atoms with Gasteiger partial charge in [0.25, 0.3) is 0 Å². The van der Waals surface area contributed by atoms with Crippen molar-refractivity contribution >= 4 is 38.5 Å². The average molecular weight is 358 g/mol. The lowest BCUT2D eigenvalue weighted by atomic mass is 9.99. The molecule has 7 rings (SSSR count). The highest BCUT2D eigenvalue weighted by Crippen LogP contribution is 2.41. The zero-order valence-electron chi connectivity index (χ0n) is 14.9. The van der Waals surface area contributed by atoms with Gasteiger partial charge < -0.3 is 0 Å². The van der Waals surface area contributed by atoms with Crippen LogP contribution in [-0.2, 0) is 6.42 Å². The van der Waals surface area contributed by atoms with Crippen LogP contribution in [0.25, 0.3) is 49.6 Å². The lowest BCUT2D eigenvalue weighted by Crippen LogP contribution is -1.93. The molecule has 0 saturated heterocycles. The number of nitrogens with zero attached hydrogens (tertiary/aromatic N) is 4. The Morgan fingerprint density at radius 2 is 1.71 bits per heavy atom. The lowest BCUT2D eigenvalue weighted by Gasteiger charge is -2.11. The van der Waals surface area contributed by atoms with Crippen molar-refractivity contribution in [3.8, 4) is 11.1 Å². The van der Waals surface area contributed by atoms with Crippen LogP contribution in [0.4, 0.5) is 0 Å². The first-order chi connectivity index (χ1) is 13.9. The maximum absolute atomic E-state index is 4.91. The number of benzene rings is 2. The second kappa shape index (κ2) is 4.93. The number of imidazole rings is 1. The Labute approximate surface area is 160 Å². The topological polar surface area (TPSA) is 43.1 Å². The van der Waals surface area contributed by atoms with Crippen LogP contribution in [0.3, 0.4) is 0 Å². The molecule has 0 fully saturated rings. The summed E-state index contributed by atoms with van der Waals surface area (Å²) in [4.78, 5) is 13.8. The summed E-state index contributed by atoms with van der Waals surface area (Å²) in [5.41, 5.74) is 9.27. The van der Waals surface area contributed by atoms with Crippen LogP contribution in [-0.4, -0.2) is 19.4 Å². The van der Waals surface area contributed by atoms with E-state index in [9.17, 15) is 0 Å². The minimum absolute atomic E-state index is 0.772. The minimum Gasteiger partial charge on any atom is -0.290 e. The summed E-state index contributed by atoms with van der Waals surface area (Å²) in [6.07, 6.45) is 6.59. The van der Waals surface area contributed by atoms with E-state index in [1.165, 1.54) is 27.6 Å². The molecule has 1 aliphatic rings. The highest BCUT2D eigenvalue weighted by atomic mass is 15.1.